The van der Waals surface area contributed by atoms with E-state index in [1.54, 1.807) is 18.2 Å². The minimum Gasteiger partial charge on any atom is -0.481 e. The molecule has 1 N–H and O–H groups in total. The average Bonchev–Trinajstić information content (AvgIpc) is 2.01. The van der Waals surface area contributed by atoms with Gasteiger partial charge in [0.05, 0.1) is 7.11 Å². The Bertz CT molecular complexity index is 294. The lowest BCUT2D eigenvalue weighted by molar-refractivity contribution is 0.401. The lowest BCUT2D eigenvalue weighted by atomic mass is 10.2. The van der Waals surface area contributed by atoms with Gasteiger partial charge in [-0.1, -0.05) is 23.2 Å². The van der Waals surface area contributed by atoms with Gasteiger partial charge in [-0.15, -0.1) is 12.4 Å². The molecule has 0 aliphatic rings. The van der Waals surface area contributed by atoms with Crippen LogP contribution >= 0.6 is 35.6 Å². The predicted octanol–water partition coefficient (Wildman–Crippen LogP) is 3.39. The monoisotopic (exact) mass is 239 g/mol. The van der Waals surface area contributed by atoms with Crippen molar-refractivity contribution in [3.8, 4) is 0 Å². The molecule has 0 spiro atoms. The molecule has 0 aliphatic heterocycles. The first-order chi connectivity index (χ1) is 5.63. The summed E-state index contributed by atoms with van der Waals surface area (Å²) in [5.41, 5.74) is 0.579. The minimum absolute atomic E-state index is 0. The Morgan fingerprint density at radius 1 is 1.23 bits per heavy atom. The fourth-order valence-electron chi connectivity index (χ4n) is 0.803. The first-order valence-corrected chi connectivity index (χ1v) is 3.98. The maximum atomic E-state index is 7.33. The van der Waals surface area contributed by atoms with Crippen molar-refractivity contribution in [2.75, 3.05) is 7.11 Å². The SMILES string of the molecule is COC(=N)c1cc(Cl)cc(Cl)c1.Cl. The van der Waals surface area contributed by atoms with Crippen LogP contribution in [0.3, 0.4) is 0 Å². The van der Waals surface area contributed by atoms with E-state index in [1.165, 1.54) is 7.11 Å². The number of methoxy groups -OCH3 is 1. The molecule has 0 heterocycles. The molecule has 0 radical (unpaired) electrons. The Labute approximate surface area is 92.7 Å². The fraction of sp³-hybridized carbons (Fsp3) is 0.125. The zero-order chi connectivity index (χ0) is 9.14. The second-order valence-corrected chi connectivity index (χ2v) is 3.06. The van der Waals surface area contributed by atoms with Crippen molar-refractivity contribution in [1.29, 1.82) is 5.41 Å². The Kier molecular flexibility index (Phi) is 5.14. The fourth-order valence-corrected chi connectivity index (χ4v) is 1.33. The first kappa shape index (κ1) is 12.6. The molecule has 0 bridgehead atoms. The van der Waals surface area contributed by atoms with Gasteiger partial charge in [0.2, 0.25) is 5.90 Å². The van der Waals surface area contributed by atoms with Gasteiger partial charge in [0.25, 0.3) is 0 Å². The molecule has 0 fully saturated rings. The van der Waals surface area contributed by atoms with Crippen LogP contribution < -0.4 is 0 Å². The zero-order valence-corrected chi connectivity index (χ0v) is 9.13. The quantitative estimate of drug-likeness (QED) is 0.592. The van der Waals surface area contributed by atoms with Crippen LogP contribution in [0.15, 0.2) is 18.2 Å². The summed E-state index contributed by atoms with van der Waals surface area (Å²) in [6.45, 7) is 0. The van der Waals surface area contributed by atoms with E-state index in [4.69, 9.17) is 33.3 Å². The van der Waals surface area contributed by atoms with E-state index < -0.39 is 0 Å². The molecule has 1 rings (SSSR count). The van der Waals surface area contributed by atoms with Crippen LogP contribution in [-0.4, -0.2) is 13.0 Å². The summed E-state index contributed by atoms with van der Waals surface area (Å²) in [5, 5.41) is 8.33. The molecule has 0 saturated carbocycles. The largest absolute Gasteiger partial charge is 0.481 e. The highest BCUT2D eigenvalue weighted by Gasteiger charge is 2.03. The summed E-state index contributed by atoms with van der Waals surface area (Å²) in [6, 6.07) is 4.86. The third-order valence-corrected chi connectivity index (χ3v) is 1.77. The van der Waals surface area contributed by atoms with E-state index in [1.807, 2.05) is 0 Å². The molecule has 1 aromatic rings. The van der Waals surface area contributed by atoms with E-state index in [9.17, 15) is 0 Å². The van der Waals surface area contributed by atoms with Gasteiger partial charge < -0.3 is 4.74 Å². The third-order valence-electron chi connectivity index (χ3n) is 1.33. The number of hydrogen-bond donors (Lipinski definition) is 1. The summed E-state index contributed by atoms with van der Waals surface area (Å²) in [5.74, 6) is 0.0550. The smallest absolute Gasteiger partial charge is 0.213 e. The highest BCUT2D eigenvalue weighted by molar-refractivity contribution is 6.35. The van der Waals surface area contributed by atoms with Crippen molar-refractivity contribution < 1.29 is 4.74 Å². The lowest BCUT2D eigenvalue weighted by Crippen LogP contribution is -2.00. The number of nitrogens with one attached hydrogen (secondary N) is 1. The second-order valence-electron chi connectivity index (χ2n) is 2.19. The molecular weight excluding hydrogens is 232 g/mol. The molecule has 2 nitrogen and oxygen atoms in total. The van der Waals surface area contributed by atoms with Gasteiger partial charge in [-0.3, -0.25) is 5.41 Å². The average molecular weight is 241 g/mol. The normalized spacial score (nSPS) is 8.85. The van der Waals surface area contributed by atoms with Gasteiger partial charge in [-0.05, 0) is 18.2 Å². The van der Waals surface area contributed by atoms with Crippen molar-refractivity contribution in [2.24, 2.45) is 0 Å². The van der Waals surface area contributed by atoms with Gasteiger partial charge in [-0.25, -0.2) is 0 Å². The predicted molar refractivity (Wildman–Crippen MR) is 57.5 cm³/mol. The molecular formula is C8H8Cl3NO. The maximum Gasteiger partial charge on any atom is 0.213 e. The van der Waals surface area contributed by atoms with Gasteiger partial charge in [0.1, 0.15) is 0 Å². The second kappa shape index (κ2) is 5.32. The third kappa shape index (κ3) is 3.43. The number of benzene rings is 1. The van der Waals surface area contributed by atoms with Crippen molar-refractivity contribution in [2.45, 2.75) is 0 Å². The van der Waals surface area contributed by atoms with Gasteiger partial charge >= 0.3 is 0 Å². The van der Waals surface area contributed by atoms with Crippen molar-refractivity contribution in [3.63, 3.8) is 0 Å². The maximum absolute atomic E-state index is 7.33. The van der Waals surface area contributed by atoms with Crippen LogP contribution in [0.25, 0.3) is 0 Å². The summed E-state index contributed by atoms with van der Waals surface area (Å²) >= 11 is 11.4. The molecule has 5 heteroatoms. The van der Waals surface area contributed by atoms with E-state index in [0.29, 0.717) is 15.6 Å². The van der Waals surface area contributed by atoms with Crippen molar-refractivity contribution >= 4 is 41.5 Å². The molecule has 0 aromatic heterocycles. The van der Waals surface area contributed by atoms with Gasteiger partial charge in [0, 0.05) is 15.6 Å². The van der Waals surface area contributed by atoms with Crippen molar-refractivity contribution in [1.82, 2.24) is 0 Å². The van der Waals surface area contributed by atoms with Gasteiger partial charge in [-0.2, -0.15) is 0 Å². The summed E-state index contributed by atoms with van der Waals surface area (Å²) in [7, 11) is 1.43. The zero-order valence-electron chi connectivity index (χ0n) is 6.80. The van der Waals surface area contributed by atoms with Crippen LogP contribution in [0.5, 0.6) is 0 Å². The number of halogens is 3. The minimum atomic E-state index is 0. The number of hydrogen-bond acceptors (Lipinski definition) is 2. The molecule has 0 amide bonds. The van der Waals surface area contributed by atoms with Crippen LogP contribution in [0.2, 0.25) is 10.0 Å². The molecule has 0 unspecified atom stereocenters. The Morgan fingerprint density at radius 2 is 1.69 bits per heavy atom. The van der Waals surface area contributed by atoms with E-state index in [2.05, 4.69) is 0 Å². The standard InChI is InChI=1S/C8H7Cl2NO.ClH/c1-12-8(11)5-2-6(9)4-7(10)3-5;/h2-4,11H,1H3;1H. The molecule has 0 atom stereocenters. The Balaban J connectivity index is 0.00000144. The molecule has 0 saturated heterocycles. The van der Waals surface area contributed by atoms with Crippen LogP contribution in [0.4, 0.5) is 0 Å². The lowest BCUT2D eigenvalue weighted by Gasteiger charge is -2.02. The summed E-state index contributed by atoms with van der Waals surface area (Å²) in [4.78, 5) is 0. The highest BCUT2D eigenvalue weighted by atomic mass is 35.5. The van der Waals surface area contributed by atoms with E-state index in [0.717, 1.165) is 0 Å². The van der Waals surface area contributed by atoms with Crippen LogP contribution in [0.1, 0.15) is 5.56 Å². The molecule has 72 valence electrons. The van der Waals surface area contributed by atoms with E-state index >= 15 is 0 Å². The Morgan fingerprint density at radius 3 is 2.08 bits per heavy atom. The van der Waals surface area contributed by atoms with E-state index in [-0.39, 0.29) is 18.3 Å². The van der Waals surface area contributed by atoms with Gasteiger partial charge in [0.15, 0.2) is 0 Å². The summed E-state index contributed by atoms with van der Waals surface area (Å²) < 4.78 is 4.71. The number of ether oxygens (including phenoxy) is 1. The molecule has 13 heavy (non-hydrogen) atoms. The van der Waals surface area contributed by atoms with Crippen molar-refractivity contribution in [3.05, 3.63) is 33.8 Å². The first-order valence-electron chi connectivity index (χ1n) is 3.22. The molecule has 1 aromatic carbocycles. The topological polar surface area (TPSA) is 33.1 Å². The van der Waals surface area contributed by atoms with Crippen LogP contribution in [-0.2, 0) is 4.74 Å². The Hall–Kier alpha value is -0.440. The summed E-state index contributed by atoms with van der Waals surface area (Å²) in [6.07, 6.45) is 0. The van der Waals surface area contributed by atoms with Crippen LogP contribution in [0, 0.1) is 5.41 Å². The highest BCUT2D eigenvalue weighted by Crippen LogP contribution is 2.19. The number of rotatable bonds is 1. The molecule has 0 aliphatic carbocycles.